The van der Waals surface area contributed by atoms with Crippen molar-refractivity contribution in [3.63, 3.8) is 0 Å². The number of fused-ring (bicyclic) bond motifs is 1. The molecule has 0 atom stereocenters. The van der Waals surface area contributed by atoms with E-state index < -0.39 is 0 Å². The van der Waals surface area contributed by atoms with Crippen molar-refractivity contribution in [2.45, 2.75) is 78.6 Å². The largest absolute Gasteiger partial charge is 0.312 e. The van der Waals surface area contributed by atoms with Crippen LogP contribution in [0.25, 0.3) is 0 Å². The molecule has 156 valence electrons. The highest BCUT2D eigenvalue weighted by atomic mass is 35.5. The highest BCUT2D eigenvalue weighted by Gasteiger charge is 2.28. The zero-order valence-electron chi connectivity index (χ0n) is 17.8. The molecule has 1 N–H and O–H groups in total. The Labute approximate surface area is 174 Å². The standard InChI is InChI=1S/C20H33N7.ClH/c1-14-17(15(2)27(24-14)20(3,4)5)13-25-9-6-16(7-10-25)19-23-22-18-12-21-8-11-26(18)19;/h16,21H,6-13H2,1-5H3;1H. The van der Waals surface area contributed by atoms with Gasteiger partial charge in [-0.25, -0.2) is 0 Å². The van der Waals surface area contributed by atoms with Crippen molar-refractivity contribution >= 4 is 12.4 Å². The number of rotatable bonds is 3. The van der Waals surface area contributed by atoms with Crippen molar-refractivity contribution in [2.24, 2.45) is 0 Å². The Morgan fingerprint density at radius 2 is 1.79 bits per heavy atom. The third kappa shape index (κ3) is 3.98. The number of nitrogens with one attached hydrogen (secondary N) is 1. The van der Waals surface area contributed by atoms with E-state index in [1.54, 1.807) is 0 Å². The molecule has 2 aromatic rings. The Morgan fingerprint density at radius 3 is 2.43 bits per heavy atom. The first-order valence-electron chi connectivity index (χ1n) is 10.2. The lowest BCUT2D eigenvalue weighted by Gasteiger charge is -2.32. The molecule has 2 aliphatic rings. The predicted molar refractivity (Wildman–Crippen MR) is 113 cm³/mol. The van der Waals surface area contributed by atoms with Gasteiger partial charge in [0.15, 0.2) is 0 Å². The van der Waals surface area contributed by atoms with Crippen LogP contribution in [0, 0.1) is 13.8 Å². The lowest BCUT2D eigenvalue weighted by atomic mass is 9.95. The van der Waals surface area contributed by atoms with Crippen molar-refractivity contribution in [3.05, 3.63) is 28.6 Å². The van der Waals surface area contributed by atoms with Gasteiger partial charge in [0.1, 0.15) is 11.6 Å². The summed E-state index contributed by atoms with van der Waals surface area (Å²) >= 11 is 0. The van der Waals surface area contributed by atoms with E-state index in [0.717, 1.165) is 57.9 Å². The average molecular weight is 408 g/mol. The van der Waals surface area contributed by atoms with E-state index in [2.05, 4.69) is 64.3 Å². The molecule has 28 heavy (non-hydrogen) atoms. The van der Waals surface area contributed by atoms with Gasteiger partial charge < -0.3 is 9.88 Å². The molecule has 4 rings (SSSR count). The van der Waals surface area contributed by atoms with Gasteiger partial charge in [0, 0.05) is 36.8 Å². The fourth-order valence-electron chi connectivity index (χ4n) is 4.55. The Hall–Kier alpha value is -1.44. The maximum absolute atomic E-state index is 4.81. The number of hydrogen-bond donors (Lipinski definition) is 1. The van der Waals surface area contributed by atoms with Crippen LogP contribution < -0.4 is 5.32 Å². The third-order valence-electron chi connectivity index (χ3n) is 6.06. The Bertz CT molecular complexity index is 809. The first-order chi connectivity index (χ1) is 12.8. The molecule has 0 aliphatic carbocycles. The lowest BCUT2D eigenvalue weighted by molar-refractivity contribution is 0.198. The van der Waals surface area contributed by atoms with Gasteiger partial charge in [0.25, 0.3) is 0 Å². The van der Waals surface area contributed by atoms with Gasteiger partial charge in [-0.3, -0.25) is 9.58 Å². The molecule has 0 spiro atoms. The van der Waals surface area contributed by atoms with Gasteiger partial charge in [-0.15, -0.1) is 22.6 Å². The number of likely N-dealkylation sites (tertiary alicyclic amines) is 1. The molecule has 2 aromatic heterocycles. The van der Waals surface area contributed by atoms with E-state index in [0.29, 0.717) is 5.92 Å². The monoisotopic (exact) mass is 407 g/mol. The summed E-state index contributed by atoms with van der Waals surface area (Å²) in [6.45, 7) is 17.1. The van der Waals surface area contributed by atoms with Crippen molar-refractivity contribution in [3.8, 4) is 0 Å². The topological polar surface area (TPSA) is 63.8 Å². The van der Waals surface area contributed by atoms with Crippen LogP contribution in [0.4, 0.5) is 0 Å². The highest BCUT2D eigenvalue weighted by Crippen LogP contribution is 2.30. The zero-order valence-corrected chi connectivity index (χ0v) is 18.6. The summed E-state index contributed by atoms with van der Waals surface area (Å²) in [6.07, 6.45) is 2.33. The minimum Gasteiger partial charge on any atom is -0.312 e. The second-order valence-corrected chi connectivity index (χ2v) is 9.09. The third-order valence-corrected chi connectivity index (χ3v) is 6.06. The first-order valence-corrected chi connectivity index (χ1v) is 10.2. The summed E-state index contributed by atoms with van der Waals surface area (Å²) in [4.78, 5) is 2.58. The van der Waals surface area contributed by atoms with Gasteiger partial charge >= 0.3 is 0 Å². The van der Waals surface area contributed by atoms with Gasteiger partial charge in [0.05, 0.1) is 17.8 Å². The summed E-state index contributed by atoms with van der Waals surface area (Å²) in [5, 5.41) is 17.1. The molecule has 1 saturated heterocycles. The van der Waals surface area contributed by atoms with Crippen LogP contribution in [0.15, 0.2) is 0 Å². The summed E-state index contributed by atoms with van der Waals surface area (Å²) in [5.74, 6) is 2.85. The van der Waals surface area contributed by atoms with E-state index >= 15 is 0 Å². The average Bonchev–Trinajstić information content (AvgIpc) is 3.18. The molecule has 8 heteroatoms. The molecule has 1 fully saturated rings. The highest BCUT2D eigenvalue weighted by molar-refractivity contribution is 5.85. The van der Waals surface area contributed by atoms with Crippen LogP contribution >= 0.6 is 12.4 Å². The van der Waals surface area contributed by atoms with Crippen LogP contribution in [-0.4, -0.2) is 49.1 Å². The molecule has 0 aromatic carbocycles. The van der Waals surface area contributed by atoms with Crippen LogP contribution in [0.3, 0.4) is 0 Å². The molecule has 7 nitrogen and oxygen atoms in total. The number of aromatic nitrogens is 5. The van der Waals surface area contributed by atoms with Crippen molar-refractivity contribution in [1.82, 2.24) is 34.8 Å². The molecule has 0 bridgehead atoms. The smallest absolute Gasteiger partial charge is 0.147 e. The molecule has 0 radical (unpaired) electrons. The SMILES string of the molecule is Cc1nn(C(C)(C)C)c(C)c1CN1CCC(c2nnc3n2CCNC3)CC1.Cl. The maximum atomic E-state index is 4.81. The van der Waals surface area contributed by atoms with Gasteiger partial charge in [0.2, 0.25) is 0 Å². The number of piperidine rings is 1. The molecule has 0 saturated carbocycles. The summed E-state index contributed by atoms with van der Waals surface area (Å²) in [5.41, 5.74) is 3.90. The fourth-order valence-corrected chi connectivity index (χ4v) is 4.55. The molecular formula is C20H34ClN7. The van der Waals surface area contributed by atoms with Crippen molar-refractivity contribution in [1.29, 1.82) is 0 Å². The normalized spacial score (nSPS) is 18.8. The van der Waals surface area contributed by atoms with Crippen molar-refractivity contribution < 1.29 is 0 Å². The maximum Gasteiger partial charge on any atom is 0.147 e. The fraction of sp³-hybridized carbons (Fsp3) is 0.750. The minimum absolute atomic E-state index is 0. The quantitative estimate of drug-likeness (QED) is 0.847. The van der Waals surface area contributed by atoms with E-state index in [-0.39, 0.29) is 17.9 Å². The van der Waals surface area contributed by atoms with Gasteiger partial charge in [-0.2, -0.15) is 5.10 Å². The summed E-state index contributed by atoms with van der Waals surface area (Å²) in [7, 11) is 0. The minimum atomic E-state index is 0. The zero-order chi connectivity index (χ0) is 19.2. The van der Waals surface area contributed by atoms with Gasteiger partial charge in [-0.05, 0) is 60.5 Å². The van der Waals surface area contributed by atoms with E-state index in [9.17, 15) is 0 Å². The second-order valence-electron chi connectivity index (χ2n) is 9.09. The Kier molecular flexibility index (Phi) is 6.17. The lowest BCUT2D eigenvalue weighted by Crippen LogP contribution is -2.35. The summed E-state index contributed by atoms with van der Waals surface area (Å²) < 4.78 is 4.53. The number of hydrogen-bond acceptors (Lipinski definition) is 5. The first kappa shape index (κ1) is 21.3. The Balaban J connectivity index is 0.00000225. The second kappa shape index (κ2) is 8.13. The number of nitrogens with zero attached hydrogens (tertiary/aromatic N) is 6. The summed E-state index contributed by atoms with van der Waals surface area (Å²) in [6, 6.07) is 0. The van der Waals surface area contributed by atoms with Crippen LogP contribution in [0.5, 0.6) is 0 Å². The number of halogens is 1. The molecule has 0 amide bonds. The number of aryl methyl sites for hydroxylation is 1. The Morgan fingerprint density at radius 1 is 1.07 bits per heavy atom. The van der Waals surface area contributed by atoms with Gasteiger partial charge in [-0.1, -0.05) is 0 Å². The van der Waals surface area contributed by atoms with E-state index in [4.69, 9.17) is 5.10 Å². The molecule has 0 unspecified atom stereocenters. The van der Waals surface area contributed by atoms with E-state index in [1.165, 1.54) is 22.8 Å². The van der Waals surface area contributed by atoms with Crippen LogP contribution in [0.2, 0.25) is 0 Å². The molecule has 4 heterocycles. The van der Waals surface area contributed by atoms with Crippen LogP contribution in [0.1, 0.15) is 68.1 Å². The molecular weight excluding hydrogens is 374 g/mol. The van der Waals surface area contributed by atoms with E-state index in [1.807, 2.05) is 0 Å². The predicted octanol–water partition coefficient (Wildman–Crippen LogP) is 2.75. The van der Waals surface area contributed by atoms with Crippen molar-refractivity contribution in [2.75, 3.05) is 19.6 Å². The van der Waals surface area contributed by atoms with Crippen LogP contribution in [-0.2, 0) is 25.2 Å². The molecule has 2 aliphatic heterocycles.